The molecular formula is C15H22BrClN2O3S. The van der Waals surface area contributed by atoms with Crippen molar-refractivity contribution in [1.82, 2.24) is 4.72 Å². The molecule has 0 aromatic heterocycles. The molecule has 1 aliphatic carbocycles. The van der Waals surface area contributed by atoms with Crippen LogP contribution in [-0.2, 0) is 16.4 Å². The van der Waals surface area contributed by atoms with Gasteiger partial charge in [-0.05, 0) is 37.4 Å². The van der Waals surface area contributed by atoms with E-state index in [2.05, 4.69) is 20.7 Å². The van der Waals surface area contributed by atoms with E-state index in [1.165, 1.54) is 0 Å². The zero-order valence-corrected chi connectivity index (χ0v) is 16.0. The number of halogens is 2. The molecule has 8 heteroatoms. The largest absolute Gasteiger partial charge is 0.492 e. The SMILES string of the molecule is Cl.NCC1CCCCC1NS(=O)(=O)c1cc(Br)cc2c1OCC2. The quantitative estimate of drug-likeness (QED) is 0.777. The molecule has 0 spiro atoms. The summed E-state index contributed by atoms with van der Waals surface area (Å²) in [6, 6.07) is 3.46. The van der Waals surface area contributed by atoms with Crippen molar-refractivity contribution in [2.24, 2.45) is 11.7 Å². The van der Waals surface area contributed by atoms with Crippen molar-refractivity contribution in [3.8, 4) is 5.75 Å². The van der Waals surface area contributed by atoms with Crippen molar-refractivity contribution in [2.45, 2.75) is 43.0 Å². The Hall–Kier alpha value is -0.340. The summed E-state index contributed by atoms with van der Waals surface area (Å²) in [6.07, 6.45) is 4.73. The smallest absolute Gasteiger partial charge is 0.244 e. The lowest BCUT2D eigenvalue weighted by atomic mass is 9.85. The molecule has 1 aromatic rings. The zero-order valence-electron chi connectivity index (χ0n) is 12.8. The number of ether oxygens (including phenoxy) is 1. The summed E-state index contributed by atoms with van der Waals surface area (Å²) in [4.78, 5) is 0.232. The first kappa shape index (κ1) is 19.0. The Morgan fingerprint density at radius 2 is 2.04 bits per heavy atom. The lowest BCUT2D eigenvalue weighted by Gasteiger charge is -2.31. The Bertz CT molecular complexity index is 669. The molecule has 1 saturated carbocycles. The highest BCUT2D eigenvalue weighted by Gasteiger charge is 2.32. The second-order valence-electron chi connectivity index (χ2n) is 6.00. The Morgan fingerprint density at radius 3 is 2.78 bits per heavy atom. The van der Waals surface area contributed by atoms with Gasteiger partial charge in [0.1, 0.15) is 10.6 Å². The highest BCUT2D eigenvalue weighted by molar-refractivity contribution is 9.10. The molecule has 1 heterocycles. The van der Waals surface area contributed by atoms with Crippen LogP contribution < -0.4 is 15.2 Å². The number of hydrogen-bond acceptors (Lipinski definition) is 4. The highest BCUT2D eigenvalue weighted by atomic mass is 79.9. The molecule has 0 amide bonds. The molecule has 3 rings (SSSR count). The van der Waals surface area contributed by atoms with E-state index in [-0.39, 0.29) is 29.3 Å². The highest BCUT2D eigenvalue weighted by Crippen LogP contribution is 2.36. The summed E-state index contributed by atoms with van der Waals surface area (Å²) >= 11 is 3.39. The lowest BCUT2D eigenvalue weighted by Crippen LogP contribution is -2.44. The fourth-order valence-corrected chi connectivity index (χ4v) is 5.55. The van der Waals surface area contributed by atoms with Crippen LogP contribution in [0.4, 0.5) is 0 Å². The molecule has 1 fully saturated rings. The fourth-order valence-electron chi connectivity index (χ4n) is 3.34. The lowest BCUT2D eigenvalue weighted by molar-refractivity contribution is 0.295. The van der Waals surface area contributed by atoms with Gasteiger partial charge in [-0.1, -0.05) is 28.8 Å². The van der Waals surface area contributed by atoms with Crippen molar-refractivity contribution in [1.29, 1.82) is 0 Å². The van der Waals surface area contributed by atoms with Gasteiger partial charge >= 0.3 is 0 Å². The van der Waals surface area contributed by atoms with Gasteiger partial charge in [0.2, 0.25) is 10.0 Å². The maximum Gasteiger partial charge on any atom is 0.244 e. The second kappa shape index (κ2) is 7.70. The third-order valence-corrected chi connectivity index (χ3v) is 6.48. The van der Waals surface area contributed by atoms with Crippen molar-refractivity contribution < 1.29 is 13.2 Å². The standard InChI is InChI=1S/C15H21BrN2O3S.ClH/c16-12-7-10-5-6-21-15(10)14(8-12)22(19,20)18-13-4-2-1-3-11(13)9-17;/h7-8,11,13,18H,1-6,9,17H2;1H. The van der Waals surface area contributed by atoms with E-state index in [4.69, 9.17) is 10.5 Å². The monoisotopic (exact) mass is 424 g/mol. The summed E-state index contributed by atoms with van der Waals surface area (Å²) in [5, 5.41) is 0. The van der Waals surface area contributed by atoms with Gasteiger partial charge in [0.15, 0.2) is 0 Å². The molecule has 1 aromatic carbocycles. The molecule has 2 unspecified atom stereocenters. The summed E-state index contributed by atoms with van der Waals surface area (Å²) in [5.41, 5.74) is 6.74. The number of nitrogens with one attached hydrogen (secondary N) is 1. The van der Waals surface area contributed by atoms with Crippen LogP contribution in [0.3, 0.4) is 0 Å². The first-order valence-electron chi connectivity index (χ1n) is 7.69. The Balaban J connectivity index is 0.00000192. The minimum absolute atomic E-state index is 0. The summed E-state index contributed by atoms with van der Waals surface area (Å²) in [5.74, 6) is 0.709. The molecule has 130 valence electrons. The Morgan fingerprint density at radius 1 is 1.30 bits per heavy atom. The molecule has 2 atom stereocenters. The zero-order chi connectivity index (χ0) is 15.7. The third kappa shape index (κ3) is 4.02. The normalized spacial score (nSPS) is 23.7. The topological polar surface area (TPSA) is 81.4 Å². The summed E-state index contributed by atoms with van der Waals surface area (Å²) in [7, 11) is -3.61. The van der Waals surface area contributed by atoms with Crippen LogP contribution in [0.15, 0.2) is 21.5 Å². The van der Waals surface area contributed by atoms with Crippen molar-refractivity contribution in [3.05, 3.63) is 22.2 Å². The van der Waals surface area contributed by atoms with E-state index < -0.39 is 10.0 Å². The number of fused-ring (bicyclic) bond motifs is 1. The van der Waals surface area contributed by atoms with E-state index in [1.807, 2.05) is 6.07 Å². The van der Waals surface area contributed by atoms with Gasteiger partial charge in [0.05, 0.1) is 6.61 Å². The maximum atomic E-state index is 12.8. The molecule has 0 bridgehead atoms. The minimum Gasteiger partial charge on any atom is -0.492 e. The van der Waals surface area contributed by atoms with Crippen LogP contribution in [0.1, 0.15) is 31.2 Å². The van der Waals surface area contributed by atoms with Crippen LogP contribution in [0.5, 0.6) is 5.75 Å². The average molecular weight is 426 g/mol. The number of benzene rings is 1. The van der Waals surface area contributed by atoms with E-state index in [0.29, 0.717) is 18.9 Å². The number of nitrogens with two attached hydrogens (primary N) is 1. The van der Waals surface area contributed by atoms with Gasteiger partial charge < -0.3 is 10.5 Å². The summed E-state index contributed by atoms with van der Waals surface area (Å²) in [6.45, 7) is 1.05. The van der Waals surface area contributed by atoms with Crippen molar-refractivity contribution in [2.75, 3.05) is 13.2 Å². The Labute approximate surface area is 151 Å². The third-order valence-electron chi connectivity index (χ3n) is 4.52. The molecular weight excluding hydrogens is 404 g/mol. The fraction of sp³-hybridized carbons (Fsp3) is 0.600. The van der Waals surface area contributed by atoms with Crippen molar-refractivity contribution >= 4 is 38.4 Å². The molecule has 0 radical (unpaired) electrons. The Kier molecular flexibility index (Phi) is 6.35. The molecule has 3 N–H and O–H groups in total. The van der Waals surface area contributed by atoms with Gasteiger partial charge in [0.25, 0.3) is 0 Å². The van der Waals surface area contributed by atoms with Crippen LogP contribution in [-0.4, -0.2) is 27.6 Å². The van der Waals surface area contributed by atoms with E-state index in [0.717, 1.165) is 42.1 Å². The molecule has 23 heavy (non-hydrogen) atoms. The second-order valence-corrected chi connectivity index (χ2v) is 8.60. The van der Waals surface area contributed by atoms with Crippen molar-refractivity contribution in [3.63, 3.8) is 0 Å². The maximum absolute atomic E-state index is 12.8. The van der Waals surface area contributed by atoms with Crippen LogP contribution in [0.25, 0.3) is 0 Å². The van der Waals surface area contributed by atoms with E-state index in [9.17, 15) is 8.42 Å². The predicted octanol–water partition coefficient (Wildman–Crippen LogP) is 2.60. The predicted molar refractivity (Wildman–Crippen MR) is 95.7 cm³/mol. The van der Waals surface area contributed by atoms with Gasteiger partial charge in [-0.2, -0.15) is 0 Å². The van der Waals surface area contributed by atoms with Gasteiger partial charge in [0, 0.05) is 22.5 Å². The number of sulfonamides is 1. The van der Waals surface area contributed by atoms with Gasteiger partial charge in [-0.25, -0.2) is 13.1 Å². The van der Waals surface area contributed by atoms with Crippen LogP contribution in [0.2, 0.25) is 0 Å². The number of rotatable bonds is 4. The first-order chi connectivity index (χ1) is 10.5. The average Bonchev–Trinajstić information content (AvgIpc) is 2.94. The molecule has 1 aliphatic heterocycles. The number of hydrogen-bond donors (Lipinski definition) is 2. The van der Waals surface area contributed by atoms with E-state index >= 15 is 0 Å². The summed E-state index contributed by atoms with van der Waals surface area (Å²) < 4.78 is 34.8. The van der Waals surface area contributed by atoms with E-state index in [1.54, 1.807) is 6.07 Å². The first-order valence-corrected chi connectivity index (χ1v) is 9.96. The minimum atomic E-state index is -3.61. The molecule has 0 saturated heterocycles. The van der Waals surface area contributed by atoms with Gasteiger partial charge in [-0.3, -0.25) is 0 Å². The van der Waals surface area contributed by atoms with Crippen LogP contribution in [0, 0.1) is 5.92 Å². The molecule has 2 aliphatic rings. The van der Waals surface area contributed by atoms with Crippen LogP contribution >= 0.6 is 28.3 Å². The molecule has 5 nitrogen and oxygen atoms in total. The van der Waals surface area contributed by atoms with Gasteiger partial charge in [-0.15, -0.1) is 12.4 Å².